The zero-order chi connectivity index (χ0) is 20.9. The highest BCUT2D eigenvalue weighted by Gasteiger charge is 2.14. The molecular formula is C23H21N3O4. The molecule has 0 radical (unpaired) electrons. The molecule has 2 aromatic heterocycles. The Kier molecular flexibility index (Phi) is 5.61. The quantitative estimate of drug-likeness (QED) is 0.512. The number of carbonyl (C=O) groups excluding carboxylic acids is 1. The maximum Gasteiger partial charge on any atom is 0.277 e. The number of nitrogens with one attached hydrogen (secondary N) is 1. The summed E-state index contributed by atoms with van der Waals surface area (Å²) in [7, 11) is 1.60. The molecule has 0 fully saturated rings. The summed E-state index contributed by atoms with van der Waals surface area (Å²) >= 11 is 0. The summed E-state index contributed by atoms with van der Waals surface area (Å²) in [5.74, 6) is 1.21. The van der Waals surface area contributed by atoms with Crippen LogP contribution < -0.4 is 15.6 Å². The Morgan fingerprint density at radius 1 is 1.10 bits per heavy atom. The lowest BCUT2D eigenvalue weighted by Crippen LogP contribution is -2.27. The Hall–Kier alpha value is -3.87. The zero-order valence-electron chi connectivity index (χ0n) is 16.5. The Bertz CT molecular complexity index is 1210. The number of methoxy groups -OCH3 is 1. The van der Waals surface area contributed by atoms with E-state index < -0.39 is 0 Å². The van der Waals surface area contributed by atoms with Gasteiger partial charge in [-0.25, -0.2) is 4.98 Å². The van der Waals surface area contributed by atoms with Gasteiger partial charge in [0.1, 0.15) is 17.2 Å². The van der Waals surface area contributed by atoms with Gasteiger partial charge in [-0.05, 0) is 48.5 Å². The number of hydrogen-bond donors (Lipinski definition) is 1. The molecule has 0 atom stereocenters. The summed E-state index contributed by atoms with van der Waals surface area (Å²) in [5, 5.41) is 2.79. The van der Waals surface area contributed by atoms with Gasteiger partial charge < -0.3 is 14.5 Å². The average molecular weight is 403 g/mol. The highest BCUT2D eigenvalue weighted by molar-refractivity contribution is 5.78. The SMILES string of the molecule is COc1ccc(-n2c(=O)c(CCC(=O)NCc3ccco3)nc3ccccc32)cc1. The fourth-order valence-electron chi connectivity index (χ4n) is 3.25. The zero-order valence-corrected chi connectivity index (χ0v) is 16.5. The maximum atomic E-state index is 13.2. The van der Waals surface area contributed by atoms with E-state index in [2.05, 4.69) is 10.3 Å². The van der Waals surface area contributed by atoms with Gasteiger partial charge in [0.15, 0.2) is 0 Å². The summed E-state index contributed by atoms with van der Waals surface area (Å²) in [4.78, 5) is 29.9. The van der Waals surface area contributed by atoms with Crippen molar-refractivity contribution >= 4 is 16.9 Å². The van der Waals surface area contributed by atoms with Crippen LogP contribution in [0.3, 0.4) is 0 Å². The first-order valence-electron chi connectivity index (χ1n) is 9.60. The third-order valence-corrected chi connectivity index (χ3v) is 4.79. The lowest BCUT2D eigenvalue weighted by atomic mass is 10.2. The molecule has 4 rings (SSSR count). The number of ether oxygens (including phenoxy) is 1. The molecule has 7 heteroatoms. The molecule has 2 aromatic carbocycles. The van der Waals surface area contributed by atoms with Crippen LogP contribution in [0.5, 0.6) is 5.75 Å². The minimum Gasteiger partial charge on any atom is -0.497 e. The predicted octanol–water partition coefficient (Wildman–Crippen LogP) is 3.24. The monoisotopic (exact) mass is 403 g/mol. The third kappa shape index (κ3) is 4.10. The number of fused-ring (bicyclic) bond motifs is 1. The number of carbonyl (C=O) groups is 1. The second-order valence-corrected chi connectivity index (χ2v) is 6.74. The number of benzene rings is 2. The van der Waals surface area contributed by atoms with Crippen LogP contribution in [0.15, 0.2) is 76.1 Å². The van der Waals surface area contributed by atoms with Crippen LogP contribution in [0, 0.1) is 0 Å². The van der Waals surface area contributed by atoms with E-state index >= 15 is 0 Å². The highest BCUT2D eigenvalue weighted by Crippen LogP contribution is 2.19. The molecule has 0 aliphatic carbocycles. The van der Waals surface area contributed by atoms with E-state index in [-0.39, 0.29) is 24.3 Å². The average Bonchev–Trinajstić information content (AvgIpc) is 3.30. The van der Waals surface area contributed by atoms with E-state index in [4.69, 9.17) is 9.15 Å². The van der Waals surface area contributed by atoms with Crippen LogP contribution in [0.4, 0.5) is 0 Å². The molecule has 4 aromatic rings. The second-order valence-electron chi connectivity index (χ2n) is 6.74. The van der Waals surface area contributed by atoms with Crippen LogP contribution in [0.25, 0.3) is 16.7 Å². The van der Waals surface area contributed by atoms with Crippen molar-refractivity contribution in [1.82, 2.24) is 14.9 Å². The molecule has 1 amide bonds. The molecule has 1 N–H and O–H groups in total. The van der Waals surface area contributed by atoms with Crippen molar-refractivity contribution in [3.05, 3.63) is 88.7 Å². The summed E-state index contributed by atoms with van der Waals surface area (Å²) in [6, 6.07) is 18.3. The Morgan fingerprint density at radius 2 is 1.90 bits per heavy atom. The fraction of sp³-hybridized carbons (Fsp3) is 0.174. The van der Waals surface area contributed by atoms with Gasteiger partial charge in [-0.15, -0.1) is 0 Å². The number of rotatable bonds is 7. The van der Waals surface area contributed by atoms with Gasteiger partial charge in [0.05, 0.1) is 31.0 Å². The molecule has 0 spiro atoms. The Labute approximate surface area is 172 Å². The minimum absolute atomic E-state index is 0.157. The van der Waals surface area contributed by atoms with Gasteiger partial charge in [0, 0.05) is 18.5 Å². The molecule has 0 saturated heterocycles. The van der Waals surface area contributed by atoms with Gasteiger partial charge in [-0.2, -0.15) is 0 Å². The normalized spacial score (nSPS) is 10.8. The van der Waals surface area contributed by atoms with Gasteiger partial charge in [0.25, 0.3) is 5.56 Å². The van der Waals surface area contributed by atoms with Gasteiger partial charge in [-0.1, -0.05) is 12.1 Å². The van der Waals surface area contributed by atoms with Crippen molar-refractivity contribution in [3.63, 3.8) is 0 Å². The van der Waals surface area contributed by atoms with E-state index in [0.29, 0.717) is 40.5 Å². The first-order valence-corrected chi connectivity index (χ1v) is 9.60. The molecule has 0 aliphatic rings. The van der Waals surface area contributed by atoms with Crippen molar-refractivity contribution in [2.24, 2.45) is 0 Å². The third-order valence-electron chi connectivity index (χ3n) is 4.79. The second kappa shape index (κ2) is 8.65. The predicted molar refractivity (Wildman–Crippen MR) is 113 cm³/mol. The number of aromatic nitrogens is 2. The standard InChI is InChI=1S/C23H21N3O4/c1-29-17-10-8-16(9-11-17)26-21-7-3-2-6-19(21)25-20(23(26)28)12-13-22(27)24-15-18-5-4-14-30-18/h2-11,14H,12-13,15H2,1H3,(H,24,27). The number of hydrogen-bond acceptors (Lipinski definition) is 5. The van der Waals surface area contributed by atoms with Gasteiger partial charge in [0.2, 0.25) is 5.91 Å². The summed E-state index contributed by atoms with van der Waals surface area (Å²) in [5.41, 5.74) is 2.22. The van der Waals surface area contributed by atoms with Crippen LogP contribution in [0.2, 0.25) is 0 Å². The lowest BCUT2D eigenvalue weighted by Gasteiger charge is -2.13. The lowest BCUT2D eigenvalue weighted by molar-refractivity contribution is -0.121. The van der Waals surface area contributed by atoms with E-state index in [1.807, 2.05) is 36.4 Å². The molecule has 0 saturated carbocycles. The Balaban J connectivity index is 1.61. The molecule has 152 valence electrons. The molecular weight excluding hydrogens is 382 g/mol. The largest absolute Gasteiger partial charge is 0.497 e. The van der Waals surface area contributed by atoms with E-state index in [9.17, 15) is 9.59 Å². The van der Waals surface area contributed by atoms with E-state index in [1.54, 1.807) is 42.2 Å². The topological polar surface area (TPSA) is 86.4 Å². The number of furan rings is 1. The van der Waals surface area contributed by atoms with Gasteiger partial charge >= 0.3 is 0 Å². The van der Waals surface area contributed by atoms with Crippen molar-refractivity contribution in [3.8, 4) is 11.4 Å². The van der Waals surface area contributed by atoms with Crippen LogP contribution in [-0.2, 0) is 17.8 Å². The molecule has 0 bridgehead atoms. The number of aryl methyl sites for hydroxylation is 1. The van der Waals surface area contributed by atoms with Crippen molar-refractivity contribution in [1.29, 1.82) is 0 Å². The molecule has 7 nitrogen and oxygen atoms in total. The van der Waals surface area contributed by atoms with Gasteiger partial charge in [-0.3, -0.25) is 14.2 Å². The maximum absolute atomic E-state index is 13.2. The molecule has 0 aliphatic heterocycles. The smallest absolute Gasteiger partial charge is 0.277 e. The van der Waals surface area contributed by atoms with Crippen molar-refractivity contribution in [2.45, 2.75) is 19.4 Å². The van der Waals surface area contributed by atoms with Crippen molar-refractivity contribution in [2.75, 3.05) is 7.11 Å². The van der Waals surface area contributed by atoms with E-state index in [1.165, 1.54) is 0 Å². The van der Waals surface area contributed by atoms with Crippen LogP contribution >= 0.6 is 0 Å². The van der Waals surface area contributed by atoms with E-state index in [0.717, 1.165) is 0 Å². The molecule has 30 heavy (non-hydrogen) atoms. The Morgan fingerprint density at radius 3 is 2.63 bits per heavy atom. The summed E-state index contributed by atoms with van der Waals surface area (Å²) in [6.45, 7) is 0.313. The highest BCUT2D eigenvalue weighted by atomic mass is 16.5. The number of para-hydroxylation sites is 2. The summed E-state index contributed by atoms with van der Waals surface area (Å²) in [6.07, 6.45) is 1.95. The van der Waals surface area contributed by atoms with Crippen LogP contribution in [0.1, 0.15) is 17.9 Å². The number of amides is 1. The molecule has 0 unspecified atom stereocenters. The fourth-order valence-corrected chi connectivity index (χ4v) is 3.25. The van der Waals surface area contributed by atoms with Crippen molar-refractivity contribution < 1.29 is 13.9 Å². The number of nitrogens with zero attached hydrogens (tertiary/aromatic N) is 2. The first-order chi connectivity index (χ1) is 14.7. The first kappa shape index (κ1) is 19.4. The minimum atomic E-state index is -0.238. The molecule has 2 heterocycles. The summed E-state index contributed by atoms with van der Waals surface area (Å²) < 4.78 is 12.0. The van der Waals surface area contributed by atoms with Crippen LogP contribution in [-0.4, -0.2) is 22.6 Å².